The van der Waals surface area contributed by atoms with Crippen LogP contribution in [0.3, 0.4) is 0 Å². The van der Waals surface area contributed by atoms with E-state index in [2.05, 4.69) is 12.2 Å². The predicted molar refractivity (Wildman–Crippen MR) is 84.7 cm³/mol. The molecular weight excluding hydrogens is 288 g/mol. The largest absolute Gasteiger partial charge is 0.396 e. The topological polar surface area (TPSA) is 54.3 Å². The molecule has 0 unspecified atom stereocenters. The highest BCUT2D eigenvalue weighted by Gasteiger charge is 2.32. The molecule has 1 aliphatic carbocycles. The minimum absolute atomic E-state index is 0.103. The highest BCUT2D eigenvalue weighted by atomic mass is 35.5. The van der Waals surface area contributed by atoms with E-state index in [4.69, 9.17) is 11.6 Å². The van der Waals surface area contributed by atoms with Crippen LogP contribution < -0.4 is 5.32 Å². The molecule has 0 radical (unpaired) electrons. The summed E-state index contributed by atoms with van der Waals surface area (Å²) in [6.07, 6.45) is 8.21. The number of halogens is 1. The van der Waals surface area contributed by atoms with E-state index in [9.17, 15) is 9.90 Å². The normalized spacial score (nSPS) is 17.7. The summed E-state index contributed by atoms with van der Waals surface area (Å²) in [5, 5.41) is 13.3. The van der Waals surface area contributed by atoms with Gasteiger partial charge in [-0.15, -0.1) is 0 Å². The van der Waals surface area contributed by atoms with E-state index in [1.54, 1.807) is 12.3 Å². The molecule has 2 N–H and O–H groups in total. The lowest BCUT2D eigenvalue weighted by Crippen LogP contribution is -2.41. The molecule has 1 aromatic rings. The minimum atomic E-state index is -0.139. The Kier molecular flexibility index (Phi) is 5.71. The Morgan fingerprint density at radius 3 is 2.76 bits per heavy atom. The Morgan fingerprint density at radius 2 is 2.14 bits per heavy atom. The first kappa shape index (κ1) is 16.4. The minimum Gasteiger partial charge on any atom is -0.396 e. The molecule has 0 atom stereocenters. The molecule has 118 valence electrons. The Morgan fingerprint density at radius 1 is 1.43 bits per heavy atom. The first-order chi connectivity index (χ1) is 10.1. The maximum absolute atomic E-state index is 12.4. The maximum atomic E-state index is 12.4. The number of aryl methyl sites for hydroxylation is 1. The zero-order valence-corrected chi connectivity index (χ0v) is 13.5. The van der Waals surface area contributed by atoms with Crippen LogP contribution in [-0.2, 0) is 6.54 Å². The van der Waals surface area contributed by atoms with Gasteiger partial charge in [0, 0.05) is 24.7 Å². The number of amides is 1. The van der Waals surface area contributed by atoms with Crippen LogP contribution in [0.2, 0.25) is 5.02 Å². The summed E-state index contributed by atoms with van der Waals surface area (Å²) >= 11 is 6.01. The van der Waals surface area contributed by atoms with Gasteiger partial charge in [0.05, 0.1) is 11.6 Å². The molecular formula is C16H25ClN2O2. The van der Waals surface area contributed by atoms with Crippen molar-refractivity contribution in [3.63, 3.8) is 0 Å². The van der Waals surface area contributed by atoms with Gasteiger partial charge in [-0.25, -0.2) is 0 Å². The van der Waals surface area contributed by atoms with E-state index in [0.29, 0.717) is 17.3 Å². The fourth-order valence-electron chi connectivity index (χ4n) is 3.14. The lowest BCUT2D eigenvalue weighted by atomic mass is 9.74. The van der Waals surface area contributed by atoms with Crippen LogP contribution in [0.5, 0.6) is 0 Å². The smallest absolute Gasteiger partial charge is 0.267 e. The molecule has 1 aromatic heterocycles. The fourth-order valence-corrected chi connectivity index (χ4v) is 3.36. The summed E-state index contributed by atoms with van der Waals surface area (Å²) in [7, 11) is 0. The van der Waals surface area contributed by atoms with Crippen molar-refractivity contribution in [3.05, 3.63) is 23.0 Å². The van der Waals surface area contributed by atoms with E-state index < -0.39 is 0 Å². The number of rotatable bonds is 6. The van der Waals surface area contributed by atoms with Crippen LogP contribution in [0.1, 0.15) is 55.9 Å². The number of carbonyl (C=O) groups excluding carboxylic acids is 1. The molecule has 21 heavy (non-hydrogen) atoms. The number of carbonyl (C=O) groups is 1. The van der Waals surface area contributed by atoms with Gasteiger partial charge in [-0.3, -0.25) is 4.79 Å². The van der Waals surface area contributed by atoms with Crippen molar-refractivity contribution in [1.82, 2.24) is 9.88 Å². The van der Waals surface area contributed by atoms with Gasteiger partial charge in [0.1, 0.15) is 5.69 Å². The summed E-state index contributed by atoms with van der Waals surface area (Å²) in [5.74, 6) is -0.103. The molecule has 0 bridgehead atoms. The molecule has 1 saturated carbocycles. The first-order valence-electron chi connectivity index (χ1n) is 7.85. The SMILES string of the molecule is CCCn1cc(Cl)cc1C(=O)NCC1(CO)CCCCC1. The lowest BCUT2D eigenvalue weighted by molar-refractivity contribution is 0.0713. The highest BCUT2D eigenvalue weighted by Crippen LogP contribution is 2.35. The standard InChI is InChI=1S/C16H25ClN2O2/c1-2-8-19-10-13(17)9-14(19)15(21)18-11-16(12-20)6-4-3-5-7-16/h9-10,20H,2-8,11-12H2,1H3,(H,18,21). The average molecular weight is 313 g/mol. The van der Waals surface area contributed by atoms with Crippen LogP contribution >= 0.6 is 11.6 Å². The van der Waals surface area contributed by atoms with Crippen LogP contribution in [0, 0.1) is 5.41 Å². The first-order valence-corrected chi connectivity index (χ1v) is 8.23. The van der Waals surface area contributed by atoms with E-state index >= 15 is 0 Å². The summed E-state index contributed by atoms with van der Waals surface area (Å²) in [4.78, 5) is 12.4. The Balaban J connectivity index is 2.00. The van der Waals surface area contributed by atoms with Crippen molar-refractivity contribution < 1.29 is 9.90 Å². The molecule has 2 rings (SSSR count). The highest BCUT2D eigenvalue weighted by molar-refractivity contribution is 6.31. The molecule has 0 aliphatic heterocycles. The van der Waals surface area contributed by atoms with E-state index in [0.717, 1.165) is 38.6 Å². The van der Waals surface area contributed by atoms with Crippen LogP contribution in [-0.4, -0.2) is 28.7 Å². The Bertz CT molecular complexity index is 479. The van der Waals surface area contributed by atoms with Crippen molar-refractivity contribution in [2.45, 2.75) is 52.0 Å². The second kappa shape index (κ2) is 7.32. The number of nitrogens with zero attached hydrogens (tertiary/aromatic N) is 1. The number of hydrogen-bond donors (Lipinski definition) is 2. The van der Waals surface area contributed by atoms with Gasteiger partial charge in [-0.05, 0) is 25.3 Å². The third kappa shape index (κ3) is 4.01. The van der Waals surface area contributed by atoms with Gasteiger partial charge >= 0.3 is 0 Å². The molecule has 1 fully saturated rings. The van der Waals surface area contributed by atoms with Crippen LogP contribution in [0.25, 0.3) is 0 Å². The number of aromatic nitrogens is 1. The number of hydrogen-bond acceptors (Lipinski definition) is 2. The van der Waals surface area contributed by atoms with E-state index in [1.165, 1.54) is 6.42 Å². The Hall–Kier alpha value is -1.00. The number of nitrogens with one attached hydrogen (secondary N) is 1. The average Bonchev–Trinajstić information content (AvgIpc) is 2.87. The zero-order valence-electron chi connectivity index (χ0n) is 12.7. The number of aliphatic hydroxyl groups is 1. The van der Waals surface area contributed by atoms with Crippen LogP contribution in [0.15, 0.2) is 12.3 Å². The molecule has 0 saturated heterocycles. The summed E-state index contributed by atoms with van der Waals surface area (Å²) in [5.41, 5.74) is 0.464. The van der Waals surface area contributed by atoms with Crippen molar-refractivity contribution in [2.24, 2.45) is 5.41 Å². The summed E-state index contributed by atoms with van der Waals surface area (Å²) in [6.45, 7) is 3.53. The van der Waals surface area contributed by atoms with Crippen molar-refractivity contribution in [3.8, 4) is 0 Å². The van der Waals surface area contributed by atoms with Gasteiger partial charge in [0.2, 0.25) is 0 Å². The fraction of sp³-hybridized carbons (Fsp3) is 0.688. The van der Waals surface area contributed by atoms with Crippen LogP contribution in [0.4, 0.5) is 0 Å². The summed E-state index contributed by atoms with van der Waals surface area (Å²) in [6, 6.07) is 1.71. The van der Waals surface area contributed by atoms with Crippen molar-refractivity contribution >= 4 is 17.5 Å². The third-order valence-corrected chi connectivity index (χ3v) is 4.64. The molecule has 4 nitrogen and oxygen atoms in total. The monoisotopic (exact) mass is 312 g/mol. The Labute approximate surface area is 131 Å². The van der Waals surface area contributed by atoms with Crippen molar-refractivity contribution in [2.75, 3.05) is 13.2 Å². The molecule has 1 heterocycles. The van der Waals surface area contributed by atoms with Gasteiger partial charge in [0.15, 0.2) is 0 Å². The third-order valence-electron chi connectivity index (χ3n) is 4.43. The van der Waals surface area contributed by atoms with Gasteiger partial charge in [0.25, 0.3) is 5.91 Å². The predicted octanol–water partition coefficient (Wildman–Crippen LogP) is 3.22. The van der Waals surface area contributed by atoms with E-state index in [-0.39, 0.29) is 17.9 Å². The molecule has 1 aliphatic rings. The molecule has 0 aromatic carbocycles. The van der Waals surface area contributed by atoms with E-state index in [1.807, 2.05) is 4.57 Å². The molecule has 0 spiro atoms. The molecule has 5 heteroatoms. The van der Waals surface area contributed by atoms with Gasteiger partial charge in [-0.1, -0.05) is 37.8 Å². The lowest BCUT2D eigenvalue weighted by Gasteiger charge is -2.35. The van der Waals surface area contributed by atoms with Crippen molar-refractivity contribution in [1.29, 1.82) is 0 Å². The van der Waals surface area contributed by atoms with Gasteiger partial charge in [-0.2, -0.15) is 0 Å². The summed E-state index contributed by atoms with van der Waals surface area (Å²) < 4.78 is 1.89. The maximum Gasteiger partial charge on any atom is 0.267 e. The second-order valence-corrected chi connectivity index (χ2v) is 6.57. The zero-order chi connectivity index (χ0) is 15.3. The second-order valence-electron chi connectivity index (χ2n) is 6.14. The molecule has 1 amide bonds. The van der Waals surface area contributed by atoms with Gasteiger partial charge < -0.3 is 15.0 Å². The number of aliphatic hydroxyl groups excluding tert-OH is 1. The quantitative estimate of drug-likeness (QED) is 0.847.